The molecule has 1 aliphatic rings. The van der Waals surface area contributed by atoms with Crippen molar-refractivity contribution in [2.45, 2.75) is 39.2 Å². The van der Waals surface area contributed by atoms with Gasteiger partial charge in [0.05, 0.1) is 18.2 Å². The van der Waals surface area contributed by atoms with Crippen molar-refractivity contribution in [3.8, 4) is 0 Å². The Labute approximate surface area is 91.3 Å². The topological polar surface area (TPSA) is 17.8 Å². The Balaban J connectivity index is 2.16. The molecule has 0 unspecified atom stereocenters. The van der Waals surface area contributed by atoms with Gasteiger partial charge in [0.15, 0.2) is 0 Å². The van der Waals surface area contributed by atoms with Gasteiger partial charge in [-0.05, 0) is 24.8 Å². The molecule has 1 aromatic heterocycles. The third-order valence-corrected chi connectivity index (χ3v) is 2.81. The molecule has 0 N–H and O–H groups in total. The second-order valence-corrected chi connectivity index (χ2v) is 3.98. The highest BCUT2D eigenvalue weighted by atomic mass is 15.0. The monoisotopic (exact) mass is 202 g/mol. The Morgan fingerprint density at radius 3 is 3.13 bits per heavy atom. The molecule has 0 aromatic carbocycles. The van der Waals surface area contributed by atoms with Crippen LogP contribution in [-0.4, -0.2) is 9.55 Å². The number of aryl methyl sites for hydroxylation is 1. The van der Waals surface area contributed by atoms with Crippen molar-refractivity contribution in [2.24, 2.45) is 0 Å². The lowest BCUT2D eigenvalue weighted by atomic mass is 10.0. The molecule has 0 aliphatic heterocycles. The second-order valence-electron chi connectivity index (χ2n) is 3.98. The van der Waals surface area contributed by atoms with Crippen LogP contribution in [-0.2, 0) is 6.54 Å². The van der Waals surface area contributed by atoms with E-state index in [0.717, 1.165) is 19.4 Å². The minimum Gasteiger partial charge on any atom is -0.331 e. The number of aromatic nitrogens is 2. The molecule has 0 saturated carbocycles. The summed E-state index contributed by atoms with van der Waals surface area (Å²) in [6.07, 6.45) is 15.3. The van der Waals surface area contributed by atoms with Crippen molar-refractivity contribution in [2.75, 3.05) is 0 Å². The van der Waals surface area contributed by atoms with E-state index in [1.165, 1.54) is 24.1 Å². The van der Waals surface area contributed by atoms with E-state index in [1.807, 2.05) is 12.5 Å². The quantitative estimate of drug-likeness (QED) is 0.731. The molecular weight excluding hydrogens is 184 g/mol. The summed E-state index contributed by atoms with van der Waals surface area (Å²) in [7, 11) is 0. The molecule has 0 amide bonds. The number of nitrogens with zero attached hydrogens (tertiary/aromatic N) is 2. The summed E-state index contributed by atoms with van der Waals surface area (Å²) in [6, 6.07) is 0. The highest BCUT2D eigenvalue weighted by Crippen LogP contribution is 2.23. The summed E-state index contributed by atoms with van der Waals surface area (Å²) in [5, 5.41) is 0. The van der Waals surface area contributed by atoms with E-state index in [0.29, 0.717) is 0 Å². The lowest BCUT2D eigenvalue weighted by Crippen LogP contribution is -2.02. The van der Waals surface area contributed by atoms with Gasteiger partial charge in [-0.15, -0.1) is 0 Å². The molecule has 2 heteroatoms. The van der Waals surface area contributed by atoms with Crippen LogP contribution in [0.3, 0.4) is 0 Å². The zero-order chi connectivity index (χ0) is 10.5. The summed E-state index contributed by atoms with van der Waals surface area (Å²) in [5.74, 6) is 0. The van der Waals surface area contributed by atoms with Gasteiger partial charge in [0.25, 0.3) is 0 Å². The fourth-order valence-corrected chi connectivity index (χ4v) is 1.91. The summed E-state index contributed by atoms with van der Waals surface area (Å²) in [6.45, 7) is 3.31. The molecule has 80 valence electrons. The van der Waals surface area contributed by atoms with Crippen molar-refractivity contribution >= 4 is 5.57 Å². The molecule has 0 fully saturated rings. The summed E-state index contributed by atoms with van der Waals surface area (Å²) in [4.78, 5) is 4.25. The van der Waals surface area contributed by atoms with E-state index in [4.69, 9.17) is 0 Å². The predicted molar refractivity (Wildman–Crippen MR) is 63.5 cm³/mol. The van der Waals surface area contributed by atoms with Gasteiger partial charge in [0.2, 0.25) is 0 Å². The van der Waals surface area contributed by atoms with Gasteiger partial charge < -0.3 is 4.57 Å². The summed E-state index contributed by atoms with van der Waals surface area (Å²) < 4.78 is 2.27. The van der Waals surface area contributed by atoms with Crippen LogP contribution in [0.15, 0.2) is 30.8 Å². The van der Waals surface area contributed by atoms with Crippen LogP contribution in [0, 0.1) is 0 Å². The fourth-order valence-electron chi connectivity index (χ4n) is 1.91. The van der Waals surface area contributed by atoms with Crippen LogP contribution in [0.25, 0.3) is 5.57 Å². The van der Waals surface area contributed by atoms with E-state index in [-0.39, 0.29) is 0 Å². The third kappa shape index (κ3) is 2.38. The van der Waals surface area contributed by atoms with Crippen LogP contribution >= 0.6 is 0 Å². The lowest BCUT2D eigenvalue weighted by Gasteiger charge is -2.11. The first-order chi connectivity index (χ1) is 7.42. The first-order valence-electron chi connectivity index (χ1n) is 5.78. The molecule has 1 aliphatic carbocycles. The minimum absolute atomic E-state index is 1.09. The fraction of sp³-hybridized carbons (Fsp3) is 0.462. The van der Waals surface area contributed by atoms with Gasteiger partial charge in [-0.2, -0.15) is 0 Å². The third-order valence-electron chi connectivity index (χ3n) is 2.81. The SMILES string of the molecule is CCCCn1cncc1C1=CC=CCC1. The average molecular weight is 202 g/mol. The molecule has 0 radical (unpaired) electrons. The maximum Gasteiger partial charge on any atom is 0.0950 e. The van der Waals surface area contributed by atoms with Gasteiger partial charge in [-0.3, -0.25) is 0 Å². The number of unbranched alkanes of at least 4 members (excludes halogenated alkanes) is 1. The van der Waals surface area contributed by atoms with E-state index in [9.17, 15) is 0 Å². The molecule has 0 saturated heterocycles. The highest BCUT2D eigenvalue weighted by Gasteiger charge is 2.08. The van der Waals surface area contributed by atoms with E-state index >= 15 is 0 Å². The van der Waals surface area contributed by atoms with E-state index < -0.39 is 0 Å². The van der Waals surface area contributed by atoms with Gasteiger partial charge in [0, 0.05) is 6.54 Å². The Morgan fingerprint density at radius 1 is 1.47 bits per heavy atom. The average Bonchev–Trinajstić information content (AvgIpc) is 2.75. The molecule has 1 aromatic rings. The molecule has 1 heterocycles. The Kier molecular flexibility index (Phi) is 3.38. The van der Waals surface area contributed by atoms with Gasteiger partial charge in [-0.25, -0.2) is 4.98 Å². The lowest BCUT2D eigenvalue weighted by molar-refractivity contribution is 0.625. The van der Waals surface area contributed by atoms with Gasteiger partial charge in [0.1, 0.15) is 0 Å². The predicted octanol–water partition coefficient (Wildman–Crippen LogP) is 3.42. The summed E-state index contributed by atoms with van der Waals surface area (Å²) >= 11 is 0. The summed E-state index contributed by atoms with van der Waals surface area (Å²) in [5.41, 5.74) is 2.72. The number of imidazole rings is 1. The van der Waals surface area contributed by atoms with Crippen molar-refractivity contribution in [3.05, 3.63) is 36.4 Å². The van der Waals surface area contributed by atoms with Crippen molar-refractivity contribution in [1.29, 1.82) is 0 Å². The largest absolute Gasteiger partial charge is 0.331 e. The van der Waals surface area contributed by atoms with Crippen molar-refractivity contribution in [1.82, 2.24) is 9.55 Å². The molecule has 0 spiro atoms. The second kappa shape index (κ2) is 4.96. The Morgan fingerprint density at radius 2 is 2.40 bits per heavy atom. The molecule has 2 nitrogen and oxygen atoms in total. The normalized spacial score (nSPS) is 15.4. The standard InChI is InChI=1S/C13H18N2/c1-2-3-9-15-11-14-10-13(15)12-7-5-4-6-8-12/h4-5,7,10-11H,2-3,6,8-9H2,1H3. The van der Waals surface area contributed by atoms with Crippen LogP contribution in [0.4, 0.5) is 0 Å². The van der Waals surface area contributed by atoms with Gasteiger partial charge in [-0.1, -0.05) is 31.6 Å². The zero-order valence-electron chi connectivity index (χ0n) is 9.32. The highest BCUT2D eigenvalue weighted by molar-refractivity contribution is 5.65. The van der Waals surface area contributed by atoms with Gasteiger partial charge >= 0.3 is 0 Å². The number of rotatable bonds is 4. The van der Waals surface area contributed by atoms with E-state index in [2.05, 4.69) is 34.7 Å². The minimum atomic E-state index is 1.09. The number of allylic oxidation sites excluding steroid dienone is 4. The van der Waals surface area contributed by atoms with E-state index in [1.54, 1.807) is 0 Å². The number of hydrogen-bond donors (Lipinski definition) is 0. The zero-order valence-corrected chi connectivity index (χ0v) is 9.32. The van der Waals surface area contributed by atoms with Crippen molar-refractivity contribution in [3.63, 3.8) is 0 Å². The first kappa shape index (κ1) is 10.2. The maximum absolute atomic E-state index is 4.25. The number of hydrogen-bond acceptors (Lipinski definition) is 1. The molecule has 2 rings (SSSR count). The molecule has 0 atom stereocenters. The molecule has 15 heavy (non-hydrogen) atoms. The first-order valence-corrected chi connectivity index (χ1v) is 5.78. The molecule has 0 bridgehead atoms. The maximum atomic E-state index is 4.25. The molecular formula is C13H18N2. The van der Waals surface area contributed by atoms with Crippen LogP contribution < -0.4 is 0 Å². The smallest absolute Gasteiger partial charge is 0.0950 e. The Hall–Kier alpha value is -1.31. The van der Waals surface area contributed by atoms with Crippen LogP contribution in [0.1, 0.15) is 38.3 Å². The van der Waals surface area contributed by atoms with Crippen LogP contribution in [0.2, 0.25) is 0 Å². The van der Waals surface area contributed by atoms with Crippen molar-refractivity contribution < 1.29 is 0 Å². The van der Waals surface area contributed by atoms with Crippen LogP contribution in [0.5, 0.6) is 0 Å². The Bertz CT molecular complexity index is 372.